The van der Waals surface area contributed by atoms with Crippen molar-refractivity contribution in [3.63, 3.8) is 0 Å². The Hall–Kier alpha value is -2.97. The molecular formula is C24H26N4O3S. The summed E-state index contributed by atoms with van der Waals surface area (Å²) in [5, 5.41) is 3.44. The van der Waals surface area contributed by atoms with Gasteiger partial charge in [-0.2, -0.15) is 4.98 Å². The molecule has 7 nitrogen and oxygen atoms in total. The van der Waals surface area contributed by atoms with Crippen molar-refractivity contribution in [1.29, 1.82) is 0 Å². The van der Waals surface area contributed by atoms with E-state index in [1.807, 2.05) is 38.1 Å². The van der Waals surface area contributed by atoms with Gasteiger partial charge in [-0.1, -0.05) is 30.3 Å². The number of fused-ring (bicyclic) bond motifs is 7. The van der Waals surface area contributed by atoms with Gasteiger partial charge in [-0.3, -0.25) is 0 Å². The van der Waals surface area contributed by atoms with Crippen LogP contribution in [0.2, 0.25) is 0 Å². The fourth-order valence-electron chi connectivity index (χ4n) is 4.61. The fraction of sp³-hybridized carbons (Fsp3) is 0.333. The topological polar surface area (TPSA) is 93.2 Å². The van der Waals surface area contributed by atoms with Gasteiger partial charge in [0.15, 0.2) is 0 Å². The number of sulfonamides is 1. The molecule has 2 atom stereocenters. The molecule has 0 aliphatic carbocycles. The molecule has 8 heteroatoms. The zero-order valence-electron chi connectivity index (χ0n) is 18.1. The molecular weight excluding hydrogens is 424 g/mol. The van der Waals surface area contributed by atoms with E-state index in [1.165, 1.54) is 0 Å². The highest BCUT2D eigenvalue weighted by atomic mass is 32.2. The third kappa shape index (κ3) is 4.08. The molecule has 2 aliphatic heterocycles. The van der Waals surface area contributed by atoms with Crippen molar-refractivity contribution in [2.24, 2.45) is 0 Å². The Labute approximate surface area is 188 Å². The van der Waals surface area contributed by atoms with Gasteiger partial charge in [0.1, 0.15) is 6.10 Å². The number of anilines is 1. The number of benzene rings is 2. The highest BCUT2D eigenvalue weighted by molar-refractivity contribution is 7.92. The van der Waals surface area contributed by atoms with E-state index in [-0.39, 0.29) is 22.9 Å². The van der Waals surface area contributed by atoms with Crippen molar-refractivity contribution >= 4 is 16.0 Å². The number of aromatic nitrogens is 2. The van der Waals surface area contributed by atoms with Crippen LogP contribution in [0.5, 0.6) is 5.88 Å². The average Bonchev–Trinajstić information content (AvgIpc) is 2.98. The number of nitrogens with zero attached hydrogens (tertiary/aromatic N) is 2. The lowest BCUT2D eigenvalue weighted by Gasteiger charge is -2.23. The van der Waals surface area contributed by atoms with Crippen LogP contribution in [0.1, 0.15) is 35.4 Å². The number of hydrogen-bond acceptors (Lipinski definition) is 6. The molecule has 0 radical (unpaired) electrons. The average molecular weight is 451 g/mol. The standard InChI is InChI=1S/C24H26N4O3S/c1-15-5-3-6-16(2)23(15)21-13-22-27-24(26-21)28-32(29,30)20-8-4-7-17(12-20)18-9-10-25-14-19(11-18)31-22/h3-8,12-13,18-19,25H,9-11,14H2,1-2H3,(H,26,27,28)/t18?,19-/m0/s1. The van der Waals surface area contributed by atoms with Gasteiger partial charge in [0.05, 0.1) is 10.6 Å². The molecule has 166 valence electrons. The van der Waals surface area contributed by atoms with Crippen molar-refractivity contribution in [3.05, 3.63) is 65.2 Å². The minimum absolute atomic E-state index is 0.00395. The zero-order valence-corrected chi connectivity index (χ0v) is 18.9. The summed E-state index contributed by atoms with van der Waals surface area (Å²) in [6.45, 7) is 5.58. The number of nitrogens with one attached hydrogen (secondary N) is 2. The molecule has 6 bridgehead atoms. The number of ether oxygens (including phenoxy) is 1. The van der Waals surface area contributed by atoms with Crippen LogP contribution in [0.3, 0.4) is 0 Å². The third-order valence-corrected chi connectivity index (χ3v) is 7.51. The van der Waals surface area contributed by atoms with Gasteiger partial charge < -0.3 is 10.1 Å². The first-order valence-electron chi connectivity index (χ1n) is 10.8. The molecule has 3 aromatic rings. The second-order valence-electron chi connectivity index (χ2n) is 8.53. The van der Waals surface area contributed by atoms with Crippen LogP contribution in [0.25, 0.3) is 11.3 Å². The maximum atomic E-state index is 13.2. The first-order chi connectivity index (χ1) is 15.4. The predicted molar refractivity (Wildman–Crippen MR) is 123 cm³/mol. The van der Waals surface area contributed by atoms with Gasteiger partial charge >= 0.3 is 0 Å². The van der Waals surface area contributed by atoms with Gasteiger partial charge in [-0.25, -0.2) is 18.1 Å². The number of hydrogen-bond donors (Lipinski definition) is 2. The van der Waals surface area contributed by atoms with Gasteiger partial charge in [0.25, 0.3) is 10.0 Å². The first-order valence-corrected chi connectivity index (χ1v) is 12.3. The summed E-state index contributed by atoms with van der Waals surface area (Å²) in [6.07, 6.45) is 1.61. The van der Waals surface area contributed by atoms with Crippen molar-refractivity contribution in [3.8, 4) is 17.1 Å². The predicted octanol–water partition coefficient (Wildman–Crippen LogP) is 3.79. The molecule has 1 unspecified atom stereocenters. The molecule has 2 aliphatic rings. The lowest BCUT2D eigenvalue weighted by atomic mass is 9.91. The van der Waals surface area contributed by atoms with Gasteiger partial charge in [-0.05, 0) is 68.0 Å². The summed E-state index contributed by atoms with van der Waals surface area (Å²) < 4.78 is 35.2. The molecule has 2 N–H and O–H groups in total. The molecule has 0 saturated carbocycles. The number of aryl methyl sites for hydroxylation is 2. The molecule has 5 rings (SSSR count). The maximum absolute atomic E-state index is 13.2. The Morgan fingerprint density at radius 2 is 1.81 bits per heavy atom. The van der Waals surface area contributed by atoms with E-state index in [1.54, 1.807) is 24.3 Å². The fourth-order valence-corrected chi connectivity index (χ4v) is 5.61. The van der Waals surface area contributed by atoms with E-state index in [2.05, 4.69) is 20.0 Å². The molecule has 0 amide bonds. The lowest BCUT2D eigenvalue weighted by Crippen LogP contribution is -2.30. The largest absolute Gasteiger partial charge is 0.473 e. The molecule has 3 heterocycles. The summed E-state index contributed by atoms with van der Waals surface area (Å²) in [7, 11) is -3.85. The van der Waals surface area contributed by atoms with E-state index in [9.17, 15) is 8.42 Å². The summed E-state index contributed by atoms with van der Waals surface area (Å²) >= 11 is 0. The molecule has 2 aromatic carbocycles. The van der Waals surface area contributed by atoms with Crippen molar-refractivity contribution in [1.82, 2.24) is 15.3 Å². The Balaban J connectivity index is 1.68. The lowest BCUT2D eigenvalue weighted by molar-refractivity contribution is 0.181. The van der Waals surface area contributed by atoms with Crippen LogP contribution in [-0.4, -0.2) is 37.6 Å². The van der Waals surface area contributed by atoms with E-state index >= 15 is 0 Å². The van der Waals surface area contributed by atoms with Gasteiger partial charge in [-0.15, -0.1) is 0 Å². The second kappa shape index (κ2) is 8.18. The van der Waals surface area contributed by atoms with E-state index in [4.69, 9.17) is 4.74 Å². The van der Waals surface area contributed by atoms with Crippen LogP contribution in [-0.2, 0) is 10.0 Å². The number of rotatable bonds is 1. The second-order valence-corrected chi connectivity index (χ2v) is 10.2. The smallest absolute Gasteiger partial charge is 0.264 e. The Kier molecular flexibility index (Phi) is 5.35. The van der Waals surface area contributed by atoms with Crippen LogP contribution >= 0.6 is 0 Å². The van der Waals surface area contributed by atoms with E-state index in [0.29, 0.717) is 18.1 Å². The summed E-state index contributed by atoms with van der Waals surface area (Å²) in [6, 6.07) is 15.0. The molecule has 1 saturated heterocycles. The van der Waals surface area contributed by atoms with Crippen molar-refractivity contribution in [2.45, 2.75) is 43.6 Å². The maximum Gasteiger partial charge on any atom is 0.264 e. The van der Waals surface area contributed by atoms with E-state index < -0.39 is 10.0 Å². The van der Waals surface area contributed by atoms with Crippen LogP contribution in [0.15, 0.2) is 53.4 Å². The molecule has 32 heavy (non-hydrogen) atoms. The minimum atomic E-state index is -3.85. The normalized spacial score (nSPS) is 21.8. The SMILES string of the molecule is Cc1cccc(C)c1-c1cc2nc(n1)NS(=O)(=O)c1cccc(c1)C1CCNC[C@H](C1)O2. The molecule has 0 spiro atoms. The Bertz CT molecular complexity index is 1260. The van der Waals surface area contributed by atoms with Gasteiger partial charge in [0.2, 0.25) is 11.8 Å². The summed E-state index contributed by atoms with van der Waals surface area (Å²) in [5.74, 6) is 0.570. The summed E-state index contributed by atoms with van der Waals surface area (Å²) in [4.78, 5) is 9.19. The first kappa shape index (κ1) is 20.9. The van der Waals surface area contributed by atoms with Gasteiger partial charge in [0, 0.05) is 18.2 Å². The molecule has 1 fully saturated rings. The zero-order chi connectivity index (χ0) is 22.3. The monoisotopic (exact) mass is 450 g/mol. The molecule has 1 aromatic heterocycles. The minimum Gasteiger partial charge on any atom is -0.473 e. The van der Waals surface area contributed by atoms with Crippen LogP contribution in [0, 0.1) is 13.8 Å². The van der Waals surface area contributed by atoms with E-state index in [0.717, 1.165) is 41.6 Å². The van der Waals surface area contributed by atoms with Crippen molar-refractivity contribution in [2.75, 3.05) is 17.8 Å². The quantitative estimate of drug-likeness (QED) is 0.586. The van der Waals surface area contributed by atoms with Crippen LogP contribution < -0.4 is 14.8 Å². The highest BCUT2D eigenvalue weighted by Crippen LogP contribution is 2.33. The summed E-state index contributed by atoms with van der Waals surface area (Å²) in [5.41, 5.74) is 4.69. The van der Waals surface area contributed by atoms with Crippen LogP contribution in [0.4, 0.5) is 5.95 Å². The Morgan fingerprint density at radius 3 is 2.62 bits per heavy atom. The highest BCUT2D eigenvalue weighted by Gasteiger charge is 2.27. The van der Waals surface area contributed by atoms with Crippen molar-refractivity contribution < 1.29 is 13.2 Å². The Morgan fingerprint density at radius 1 is 1.03 bits per heavy atom. The third-order valence-electron chi connectivity index (χ3n) is 6.18.